The molecule has 2 bridgehead atoms. The first-order chi connectivity index (χ1) is 21.6. The third kappa shape index (κ3) is 7.04. The first-order valence-electron chi connectivity index (χ1n) is 15.1. The van der Waals surface area contributed by atoms with Gasteiger partial charge in [-0.2, -0.15) is 17.6 Å². The molecule has 238 valence electrons. The van der Waals surface area contributed by atoms with E-state index in [-0.39, 0.29) is 37.2 Å². The van der Waals surface area contributed by atoms with Crippen molar-refractivity contribution in [3.05, 3.63) is 106 Å². The van der Waals surface area contributed by atoms with Gasteiger partial charge in [0, 0.05) is 37.3 Å². The van der Waals surface area contributed by atoms with Gasteiger partial charge in [0.2, 0.25) is 5.82 Å². The first kappa shape index (κ1) is 31.2. The van der Waals surface area contributed by atoms with Crippen LogP contribution in [-0.4, -0.2) is 48.6 Å². The molecule has 11 heteroatoms. The Morgan fingerprint density at radius 2 is 1.69 bits per heavy atom. The van der Waals surface area contributed by atoms with E-state index in [4.69, 9.17) is 4.74 Å². The Labute approximate surface area is 257 Å². The maximum atomic E-state index is 14.3. The van der Waals surface area contributed by atoms with Crippen LogP contribution in [0.25, 0.3) is 5.57 Å². The third-order valence-electron chi connectivity index (χ3n) is 8.55. The van der Waals surface area contributed by atoms with E-state index < -0.39 is 34.9 Å². The van der Waals surface area contributed by atoms with E-state index in [1.165, 1.54) is 6.07 Å². The minimum Gasteiger partial charge on any atom is -0.488 e. The number of piperazine rings is 1. The third-order valence-corrected chi connectivity index (χ3v) is 8.55. The van der Waals surface area contributed by atoms with E-state index in [0.29, 0.717) is 43.0 Å². The van der Waals surface area contributed by atoms with Crippen LogP contribution < -0.4 is 15.4 Å². The van der Waals surface area contributed by atoms with Crippen molar-refractivity contribution in [3.8, 4) is 5.75 Å². The van der Waals surface area contributed by atoms with Gasteiger partial charge in [-0.3, -0.25) is 4.79 Å². The molecule has 6 rings (SSSR count). The minimum atomic E-state index is -4.47. The van der Waals surface area contributed by atoms with Crippen molar-refractivity contribution in [3.63, 3.8) is 0 Å². The summed E-state index contributed by atoms with van der Waals surface area (Å²) in [6.45, 7) is 1.41. The van der Waals surface area contributed by atoms with E-state index in [9.17, 15) is 31.1 Å². The van der Waals surface area contributed by atoms with Crippen molar-refractivity contribution in [1.29, 1.82) is 0 Å². The van der Waals surface area contributed by atoms with Gasteiger partial charge in [-0.1, -0.05) is 36.4 Å². The van der Waals surface area contributed by atoms with Gasteiger partial charge in [-0.25, -0.2) is 8.78 Å². The van der Waals surface area contributed by atoms with Crippen molar-refractivity contribution in [2.45, 2.75) is 63.0 Å². The van der Waals surface area contributed by atoms with E-state index in [0.717, 1.165) is 54.3 Å². The molecule has 3 aliphatic rings. The lowest BCUT2D eigenvalue weighted by molar-refractivity contribution is -0.137. The monoisotopic (exact) mass is 629 g/mol. The van der Waals surface area contributed by atoms with Gasteiger partial charge >= 0.3 is 6.18 Å². The number of alkyl halides is 3. The highest BCUT2D eigenvalue weighted by Crippen LogP contribution is 2.37. The summed E-state index contributed by atoms with van der Waals surface area (Å²) in [4.78, 5) is 16.0. The van der Waals surface area contributed by atoms with Crippen LogP contribution in [0.5, 0.6) is 5.75 Å². The van der Waals surface area contributed by atoms with Gasteiger partial charge in [0.05, 0.1) is 18.2 Å². The summed E-state index contributed by atoms with van der Waals surface area (Å²) in [6.07, 6.45) is -1.25. The molecular weight excluding hydrogens is 596 g/mol. The van der Waals surface area contributed by atoms with Crippen molar-refractivity contribution < 1.29 is 35.9 Å². The fraction of sp³-hybridized carbons (Fsp3) is 0.382. The van der Waals surface area contributed by atoms with Gasteiger partial charge in [-0.15, -0.1) is 0 Å². The number of fused-ring (bicyclic) bond motifs is 2. The Balaban J connectivity index is 1.20. The summed E-state index contributed by atoms with van der Waals surface area (Å²) >= 11 is 0. The molecule has 2 aliphatic heterocycles. The Morgan fingerprint density at radius 3 is 2.42 bits per heavy atom. The standard InChI is InChI=1S/C34H33F6N3O2/c35-27-12-13-28(36)32(31(27)37)45-14-2-4-20-6-8-22(9-7-20)26-16-24-17-41-18-29(42-24)30(26)33(44)43(25-10-11-25)19-21-3-1-5-23(15-21)34(38,39)40/h1,3,5-9,12-13,15,24-25,29,41-42H,2,4,10-11,14,16-19H2/t24?,29-/m1/s1. The number of halogens is 6. The minimum absolute atomic E-state index is 0.00619. The number of rotatable bonds is 10. The second-order valence-electron chi connectivity index (χ2n) is 11.9. The van der Waals surface area contributed by atoms with Gasteiger partial charge in [0.15, 0.2) is 17.4 Å². The largest absolute Gasteiger partial charge is 0.488 e. The average Bonchev–Trinajstić information content (AvgIpc) is 3.87. The number of carbonyl (C=O) groups excluding carboxylic acids is 1. The molecule has 1 unspecified atom stereocenters. The summed E-state index contributed by atoms with van der Waals surface area (Å²) in [5.41, 5.74) is 3.12. The van der Waals surface area contributed by atoms with Crippen LogP contribution in [0.3, 0.4) is 0 Å². The number of aryl methyl sites for hydroxylation is 1. The normalized spacial score (nSPS) is 19.9. The number of amides is 1. The first-order valence-corrected chi connectivity index (χ1v) is 15.1. The lowest BCUT2D eigenvalue weighted by atomic mass is 9.83. The van der Waals surface area contributed by atoms with Gasteiger partial charge < -0.3 is 20.3 Å². The number of benzene rings is 3. The highest BCUT2D eigenvalue weighted by molar-refractivity contribution is 6.03. The predicted molar refractivity (Wildman–Crippen MR) is 157 cm³/mol. The van der Waals surface area contributed by atoms with Gasteiger partial charge in [0.1, 0.15) is 0 Å². The molecule has 3 aromatic rings. The van der Waals surface area contributed by atoms with Crippen LogP contribution in [0, 0.1) is 17.5 Å². The molecule has 1 saturated heterocycles. The van der Waals surface area contributed by atoms with Crippen LogP contribution in [0.2, 0.25) is 0 Å². The Bertz CT molecular complexity index is 1590. The molecule has 0 spiro atoms. The summed E-state index contributed by atoms with van der Waals surface area (Å²) in [6, 6.07) is 14.3. The Morgan fingerprint density at radius 1 is 0.933 bits per heavy atom. The SMILES string of the molecule is O=C(C1=C(c2ccc(CCCOc3c(F)ccc(F)c3F)cc2)CC2CNC[C@H]1N2)N(Cc1cccc(C(F)(F)F)c1)C1CC1. The molecule has 2 atom stereocenters. The van der Waals surface area contributed by atoms with E-state index in [1.807, 2.05) is 24.3 Å². The van der Waals surface area contributed by atoms with E-state index in [1.54, 1.807) is 11.0 Å². The average molecular weight is 630 g/mol. The van der Waals surface area contributed by atoms with Crippen molar-refractivity contribution >= 4 is 11.5 Å². The Kier molecular flexibility index (Phi) is 8.92. The predicted octanol–water partition coefficient (Wildman–Crippen LogP) is 6.41. The van der Waals surface area contributed by atoms with Crippen LogP contribution in [0.15, 0.2) is 66.2 Å². The molecule has 1 amide bonds. The highest BCUT2D eigenvalue weighted by atomic mass is 19.4. The van der Waals surface area contributed by atoms with E-state index >= 15 is 0 Å². The molecule has 1 aliphatic carbocycles. The van der Waals surface area contributed by atoms with Crippen molar-refractivity contribution in [1.82, 2.24) is 15.5 Å². The van der Waals surface area contributed by atoms with Crippen LogP contribution >= 0.6 is 0 Å². The summed E-state index contributed by atoms with van der Waals surface area (Å²) < 4.78 is 86.4. The number of nitrogens with zero attached hydrogens (tertiary/aromatic N) is 1. The number of nitrogens with one attached hydrogen (secondary N) is 2. The lowest BCUT2D eigenvalue weighted by Crippen LogP contribution is -2.59. The number of hydrogen-bond acceptors (Lipinski definition) is 4. The van der Waals surface area contributed by atoms with Crippen molar-refractivity contribution in [2.75, 3.05) is 19.7 Å². The Hall–Kier alpha value is -3.83. The fourth-order valence-electron chi connectivity index (χ4n) is 6.15. The molecule has 45 heavy (non-hydrogen) atoms. The quantitative estimate of drug-likeness (QED) is 0.155. The summed E-state index contributed by atoms with van der Waals surface area (Å²) in [5, 5.41) is 6.94. The second-order valence-corrected chi connectivity index (χ2v) is 11.9. The number of carbonyl (C=O) groups is 1. The smallest absolute Gasteiger partial charge is 0.416 e. The highest BCUT2D eigenvalue weighted by Gasteiger charge is 2.41. The lowest BCUT2D eigenvalue weighted by Gasteiger charge is -2.41. The summed E-state index contributed by atoms with van der Waals surface area (Å²) in [5.74, 6) is -4.39. The maximum Gasteiger partial charge on any atom is 0.416 e. The zero-order valence-electron chi connectivity index (χ0n) is 24.4. The van der Waals surface area contributed by atoms with Gasteiger partial charge in [0.25, 0.3) is 5.91 Å². The van der Waals surface area contributed by atoms with Crippen molar-refractivity contribution in [2.24, 2.45) is 0 Å². The molecule has 1 saturated carbocycles. The molecule has 2 heterocycles. The molecule has 2 fully saturated rings. The second kappa shape index (κ2) is 12.9. The number of ether oxygens (including phenoxy) is 1. The fourth-order valence-corrected chi connectivity index (χ4v) is 6.15. The molecule has 5 nitrogen and oxygen atoms in total. The number of hydrogen-bond donors (Lipinski definition) is 2. The topological polar surface area (TPSA) is 53.6 Å². The maximum absolute atomic E-state index is 14.3. The van der Waals surface area contributed by atoms with Crippen LogP contribution in [0.4, 0.5) is 26.3 Å². The molecular formula is C34H33F6N3O2. The molecule has 0 aromatic heterocycles. The zero-order chi connectivity index (χ0) is 31.7. The van der Waals surface area contributed by atoms with Gasteiger partial charge in [-0.05, 0) is 78.6 Å². The molecule has 0 radical (unpaired) electrons. The van der Waals surface area contributed by atoms with Crippen LogP contribution in [0.1, 0.15) is 47.9 Å². The van der Waals surface area contributed by atoms with Crippen LogP contribution in [-0.2, 0) is 23.9 Å². The van der Waals surface area contributed by atoms with E-state index in [2.05, 4.69) is 10.6 Å². The molecule has 3 aromatic carbocycles. The summed E-state index contributed by atoms with van der Waals surface area (Å²) in [7, 11) is 0. The zero-order valence-corrected chi connectivity index (χ0v) is 24.4. The molecule has 2 N–H and O–H groups in total.